The minimum atomic E-state index is -0.922. The average molecular weight is 311 g/mol. The van der Waals surface area contributed by atoms with E-state index in [0.717, 1.165) is 16.1 Å². The topological polar surface area (TPSA) is 75.1 Å². The van der Waals surface area contributed by atoms with E-state index in [1.165, 1.54) is 0 Å². The average Bonchev–Trinajstić information content (AvgIpc) is 3.08. The van der Waals surface area contributed by atoms with Crippen molar-refractivity contribution in [1.82, 2.24) is 9.97 Å². The van der Waals surface area contributed by atoms with Crippen LogP contribution in [-0.4, -0.2) is 21.0 Å². The zero-order valence-electron chi connectivity index (χ0n) is 11.6. The minimum absolute atomic E-state index is 0.281. The highest BCUT2D eigenvalue weighted by Crippen LogP contribution is 2.22. The van der Waals surface area contributed by atoms with Gasteiger partial charge in [-0.3, -0.25) is 4.98 Å². The van der Waals surface area contributed by atoms with Gasteiger partial charge in [0.25, 0.3) is 0 Å². The Hall–Kier alpha value is -2.73. The normalized spacial score (nSPS) is 10.4. The lowest BCUT2D eigenvalue weighted by Crippen LogP contribution is -2.03. The van der Waals surface area contributed by atoms with Crippen molar-refractivity contribution in [2.75, 3.05) is 5.32 Å². The van der Waals surface area contributed by atoms with E-state index in [4.69, 9.17) is 5.11 Å². The third-order valence-corrected chi connectivity index (χ3v) is 3.98. The van der Waals surface area contributed by atoms with Crippen molar-refractivity contribution in [1.29, 1.82) is 0 Å². The smallest absolute Gasteiger partial charge is 0.335 e. The van der Waals surface area contributed by atoms with E-state index in [0.29, 0.717) is 12.4 Å². The summed E-state index contributed by atoms with van der Waals surface area (Å²) in [7, 11) is 0. The summed E-state index contributed by atoms with van der Waals surface area (Å²) in [5, 5.41) is 14.1. The molecule has 5 nitrogen and oxygen atoms in total. The number of carboxylic acids is 1. The van der Waals surface area contributed by atoms with Gasteiger partial charge in [-0.05, 0) is 29.1 Å². The first-order valence-electron chi connectivity index (χ1n) is 6.64. The van der Waals surface area contributed by atoms with Crippen molar-refractivity contribution in [2.45, 2.75) is 6.54 Å². The van der Waals surface area contributed by atoms with Crippen LogP contribution >= 0.6 is 11.3 Å². The number of carbonyl (C=O) groups is 1. The molecule has 3 aromatic rings. The van der Waals surface area contributed by atoms with Crippen molar-refractivity contribution >= 4 is 23.1 Å². The van der Waals surface area contributed by atoms with Crippen molar-refractivity contribution < 1.29 is 9.90 Å². The van der Waals surface area contributed by atoms with Crippen LogP contribution in [0, 0.1) is 0 Å². The number of aromatic nitrogens is 2. The molecule has 0 fully saturated rings. The summed E-state index contributed by atoms with van der Waals surface area (Å²) in [5.41, 5.74) is 2.10. The Balaban J connectivity index is 1.69. The van der Waals surface area contributed by atoms with Gasteiger partial charge in [-0.15, -0.1) is 11.3 Å². The number of carboxylic acid groups (broad SMARTS) is 1. The van der Waals surface area contributed by atoms with E-state index >= 15 is 0 Å². The first-order chi connectivity index (χ1) is 10.7. The van der Waals surface area contributed by atoms with Crippen molar-refractivity contribution in [3.8, 4) is 10.6 Å². The van der Waals surface area contributed by atoms with Gasteiger partial charge in [-0.25, -0.2) is 9.78 Å². The Morgan fingerprint density at radius 3 is 2.68 bits per heavy atom. The number of aromatic carboxylic acids is 1. The second-order valence-corrected chi connectivity index (χ2v) is 5.57. The highest BCUT2D eigenvalue weighted by atomic mass is 32.1. The molecule has 0 saturated carbocycles. The summed E-state index contributed by atoms with van der Waals surface area (Å²) in [6.07, 6.45) is 3.40. The lowest BCUT2D eigenvalue weighted by atomic mass is 10.1. The van der Waals surface area contributed by atoms with Crippen LogP contribution in [0.3, 0.4) is 0 Å². The lowest BCUT2D eigenvalue weighted by molar-refractivity contribution is 0.0697. The number of nitrogens with one attached hydrogen (secondary N) is 1. The van der Waals surface area contributed by atoms with Crippen LogP contribution in [0.25, 0.3) is 10.6 Å². The third kappa shape index (κ3) is 3.29. The summed E-state index contributed by atoms with van der Waals surface area (Å²) in [4.78, 5) is 20.6. The number of rotatable bonds is 5. The maximum absolute atomic E-state index is 10.8. The number of thiophene rings is 1. The Kier molecular flexibility index (Phi) is 4.11. The van der Waals surface area contributed by atoms with Gasteiger partial charge in [0, 0.05) is 6.54 Å². The molecule has 2 aromatic heterocycles. The van der Waals surface area contributed by atoms with Crippen LogP contribution in [0.5, 0.6) is 0 Å². The Morgan fingerprint density at radius 1 is 1.18 bits per heavy atom. The van der Waals surface area contributed by atoms with Crippen molar-refractivity contribution in [2.24, 2.45) is 0 Å². The molecule has 0 unspecified atom stereocenters. The van der Waals surface area contributed by atoms with Crippen LogP contribution in [-0.2, 0) is 6.54 Å². The largest absolute Gasteiger partial charge is 0.478 e. The van der Waals surface area contributed by atoms with Crippen LogP contribution in [0.15, 0.2) is 54.2 Å². The fourth-order valence-electron chi connectivity index (χ4n) is 1.95. The Morgan fingerprint density at radius 2 is 2.00 bits per heavy atom. The second kappa shape index (κ2) is 6.36. The second-order valence-electron chi connectivity index (χ2n) is 4.62. The SMILES string of the molecule is O=C(O)c1ccc(CNc2cncc(-c3cccs3)n2)cc1. The van der Waals surface area contributed by atoms with Gasteiger partial charge in [0.1, 0.15) is 11.5 Å². The highest BCUT2D eigenvalue weighted by molar-refractivity contribution is 7.13. The Labute approximate surface area is 131 Å². The van der Waals surface area contributed by atoms with Crippen molar-refractivity contribution in [3.63, 3.8) is 0 Å². The van der Waals surface area contributed by atoms with Crippen molar-refractivity contribution in [3.05, 3.63) is 65.3 Å². The van der Waals surface area contributed by atoms with Crippen LogP contribution < -0.4 is 5.32 Å². The molecule has 1 aromatic carbocycles. The number of anilines is 1. The summed E-state index contributed by atoms with van der Waals surface area (Å²) >= 11 is 1.62. The van der Waals surface area contributed by atoms with Gasteiger partial charge in [0.05, 0.1) is 22.8 Å². The minimum Gasteiger partial charge on any atom is -0.478 e. The molecule has 0 radical (unpaired) electrons. The van der Waals surface area contributed by atoms with Crippen LogP contribution in [0.1, 0.15) is 15.9 Å². The monoisotopic (exact) mass is 311 g/mol. The zero-order valence-corrected chi connectivity index (χ0v) is 12.4. The van der Waals surface area contributed by atoms with E-state index < -0.39 is 5.97 Å². The summed E-state index contributed by atoms with van der Waals surface area (Å²) in [5.74, 6) is -0.234. The molecule has 0 spiro atoms. The fraction of sp³-hybridized carbons (Fsp3) is 0.0625. The fourth-order valence-corrected chi connectivity index (χ4v) is 2.63. The molecule has 0 aliphatic heterocycles. The zero-order chi connectivity index (χ0) is 15.4. The molecule has 0 amide bonds. The molecule has 3 rings (SSSR count). The Bertz CT molecular complexity index is 770. The summed E-state index contributed by atoms with van der Waals surface area (Å²) < 4.78 is 0. The number of nitrogens with zero attached hydrogens (tertiary/aromatic N) is 2. The van der Waals surface area contributed by atoms with Gasteiger partial charge in [-0.1, -0.05) is 18.2 Å². The predicted molar refractivity (Wildman–Crippen MR) is 86.1 cm³/mol. The highest BCUT2D eigenvalue weighted by Gasteiger charge is 2.04. The molecule has 110 valence electrons. The predicted octanol–water partition coefficient (Wildman–Crippen LogP) is 3.52. The van der Waals surface area contributed by atoms with Gasteiger partial charge in [-0.2, -0.15) is 0 Å². The van der Waals surface area contributed by atoms with E-state index in [1.54, 1.807) is 48.0 Å². The maximum Gasteiger partial charge on any atom is 0.335 e. The maximum atomic E-state index is 10.8. The third-order valence-electron chi connectivity index (χ3n) is 3.08. The molecule has 0 atom stereocenters. The van der Waals surface area contributed by atoms with E-state index in [1.807, 2.05) is 17.5 Å². The van der Waals surface area contributed by atoms with Crippen LogP contribution in [0.2, 0.25) is 0 Å². The molecule has 22 heavy (non-hydrogen) atoms. The molecule has 2 heterocycles. The first kappa shape index (κ1) is 14.2. The number of hydrogen-bond acceptors (Lipinski definition) is 5. The summed E-state index contributed by atoms with van der Waals surface area (Å²) in [6, 6.07) is 10.7. The quantitative estimate of drug-likeness (QED) is 0.754. The van der Waals surface area contributed by atoms with Gasteiger partial charge in [0.2, 0.25) is 0 Å². The standard InChI is InChI=1S/C16H13N3O2S/c20-16(21)12-5-3-11(4-6-12)8-18-15-10-17-9-13(19-15)14-2-1-7-22-14/h1-7,9-10H,8H2,(H,18,19)(H,20,21). The number of benzene rings is 1. The molecule has 0 aliphatic rings. The van der Waals surface area contributed by atoms with Gasteiger partial charge < -0.3 is 10.4 Å². The lowest BCUT2D eigenvalue weighted by Gasteiger charge is -2.07. The number of hydrogen-bond donors (Lipinski definition) is 2. The van der Waals surface area contributed by atoms with E-state index in [9.17, 15) is 4.79 Å². The molecule has 0 aliphatic carbocycles. The first-order valence-corrected chi connectivity index (χ1v) is 7.52. The van der Waals surface area contributed by atoms with E-state index in [2.05, 4.69) is 15.3 Å². The summed E-state index contributed by atoms with van der Waals surface area (Å²) in [6.45, 7) is 0.558. The molecule has 2 N–H and O–H groups in total. The molecule has 0 saturated heterocycles. The van der Waals surface area contributed by atoms with Crippen LogP contribution in [0.4, 0.5) is 5.82 Å². The van der Waals surface area contributed by atoms with E-state index in [-0.39, 0.29) is 5.56 Å². The molecular weight excluding hydrogens is 298 g/mol. The molecular formula is C16H13N3O2S. The van der Waals surface area contributed by atoms with Gasteiger partial charge >= 0.3 is 5.97 Å². The molecule has 0 bridgehead atoms. The molecule has 6 heteroatoms. The van der Waals surface area contributed by atoms with Gasteiger partial charge in [0.15, 0.2) is 0 Å².